The Morgan fingerprint density at radius 2 is 1.83 bits per heavy atom. The average Bonchev–Trinajstić information content (AvgIpc) is 2.59. The monoisotopic (exact) mass is 326 g/mol. The molecule has 0 heterocycles. The van der Waals surface area contributed by atoms with E-state index in [0.29, 0.717) is 5.56 Å². The third-order valence-electron chi connectivity index (χ3n) is 3.24. The summed E-state index contributed by atoms with van der Waals surface area (Å²) in [7, 11) is 3.88. The van der Waals surface area contributed by atoms with Crippen molar-refractivity contribution in [3.05, 3.63) is 59.9 Å². The quantitative estimate of drug-likeness (QED) is 0.859. The Labute approximate surface area is 141 Å². The van der Waals surface area contributed by atoms with Crippen LogP contribution >= 0.6 is 0 Å². The largest absolute Gasteiger partial charge is 0.478 e. The van der Waals surface area contributed by atoms with Gasteiger partial charge in [0.2, 0.25) is 0 Å². The molecule has 4 nitrogen and oxygen atoms in total. The van der Waals surface area contributed by atoms with E-state index < -0.39 is 5.82 Å². The summed E-state index contributed by atoms with van der Waals surface area (Å²) in [6, 6.07) is 13.4. The fraction of sp³-hybridized carbons (Fsp3) is 0.211. The molecule has 0 atom stereocenters. The molecule has 0 saturated carbocycles. The molecule has 2 rings (SSSR count). The summed E-state index contributed by atoms with van der Waals surface area (Å²) in [6.07, 6.45) is 0. The molecular weight excluding hydrogens is 307 g/mol. The van der Waals surface area contributed by atoms with Crippen LogP contribution in [-0.2, 0) is 0 Å². The van der Waals surface area contributed by atoms with Gasteiger partial charge in [-0.25, -0.2) is 4.39 Å². The molecule has 0 aliphatic heterocycles. The molecule has 2 aromatic carbocycles. The third kappa shape index (κ3) is 5.03. The zero-order valence-corrected chi connectivity index (χ0v) is 13.7. The van der Waals surface area contributed by atoms with Gasteiger partial charge < -0.3 is 15.0 Å². The van der Waals surface area contributed by atoms with Crippen LogP contribution in [-0.4, -0.2) is 33.2 Å². The van der Waals surface area contributed by atoms with Gasteiger partial charge in [-0.05, 0) is 36.4 Å². The number of benzene rings is 2. The molecule has 0 radical (unpaired) electrons. The SMILES string of the molecule is CN(C)c1ccc(C(=O)NCC#CCOc2ccccc2F)cc1. The van der Waals surface area contributed by atoms with Gasteiger partial charge >= 0.3 is 0 Å². The highest BCUT2D eigenvalue weighted by atomic mass is 19.1. The summed E-state index contributed by atoms with van der Waals surface area (Å²) < 4.78 is 18.5. The number of hydrogen-bond donors (Lipinski definition) is 1. The maximum absolute atomic E-state index is 13.3. The lowest BCUT2D eigenvalue weighted by Gasteiger charge is -2.12. The Morgan fingerprint density at radius 3 is 2.50 bits per heavy atom. The van der Waals surface area contributed by atoms with Crippen molar-refractivity contribution in [1.29, 1.82) is 0 Å². The molecule has 2 aromatic rings. The van der Waals surface area contributed by atoms with Gasteiger partial charge in [-0.2, -0.15) is 0 Å². The van der Waals surface area contributed by atoms with Gasteiger partial charge in [-0.1, -0.05) is 24.0 Å². The number of halogens is 1. The average molecular weight is 326 g/mol. The van der Waals surface area contributed by atoms with Crippen LogP contribution in [0.4, 0.5) is 10.1 Å². The van der Waals surface area contributed by atoms with E-state index in [1.54, 1.807) is 24.3 Å². The lowest BCUT2D eigenvalue weighted by atomic mass is 10.2. The Kier molecular flexibility index (Phi) is 6.21. The van der Waals surface area contributed by atoms with Crippen molar-refractivity contribution < 1.29 is 13.9 Å². The van der Waals surface area contributed by atoms with Crippen LogP contribution in [0.2, 0.25) is 0 Å². The van der Waals surface area contributed by atoms with Crippen molar-refractivity contribution in [1.82, 2.24) is 5.32 Å². The number of ether oxygens (including phenoxy) is 1. The molecule has 0 spiro atoms. The Bertz CT molecular complexity index is 746. The number of anilines is 1. The minimum absolute atomic E-state index is 0.0638. The van der Waals surface area contributed by atoms with Crippen LogP contribution in [0.1, 0.15) is 10.4 Å². The molecule has 0 aliphatic carbocycles. The topological polar surface area (TPSA) is 41.6 Å². The van der Waals surface area contributed by atoms with E-state index in [9.17, 15) is 9.18 Å². The molecule has 0 unspecified atom stereocenters. The first-order valence-corrected chi connectivity index (χ1v) is 7.46. The van der Waals surface area contributed by atoms with Gasteiger partial charge in [-0.3, -0.25) is 4.79 Å². The number of para-hydroxylation sites is 1. The molecule has 0 aliphatic rings. The highest BCUT2D eigenvalue weighted by molar-refractivity contribution is 5.94. The number of amides is 1. The van der Waals surface area contributed by atoms with Crippen molar-refractivity contribution in [2.75, 3.05) is 32.1 Å². The summed E-state index contributed by atoms with van der Waals surface area (Å²) in [5, 5.41) is 2.70. The number of carbonyl (C=O) groups excluding carboxylic acids is 1. The van der Waals surface area contributed by atoms with Gasteiger partial charge in [0.15, 0.2) is 11.6 Å². The van der Waals surface area contributed by atoms with E-state index in [1.165, 1.54) is 12.1 Å². The van der Waals surface area contributed by atoms with E-state index in [4.69, 9.17) is 4.74 Å². The van der Waals surface area contributed by atoms with E-state index in [1.807, 2.05) is 31.1 Å². The molecule has 24 heavy (non-hydrogen) atoms. The molecule has 0 bridgehead atoms. The van der Waals surface area contributed by atoms with Crippen LogP contribution in [0.3, 0.4) is 0 Å². The first kappa shape index (κ1) is 17.4. The van der Waals surface area contributed by atoms with Crippen LogP contribution < -0.4 is 15.0 Å². The molecule has 5 heteroatoms. The van der Waals surface area contributed by atoms with Gasteiger partial charge in [0.05, 0.1) is 6.54 Å². The number of hydrogen-bond acceptors (Lipinski definition) is 3. The van der Waals surface area contributed by atoms with Crippen LogP contribution in [0, 0.1) is 17.7 Å². The Balaban J connectivity index is 1.76. The Morgan fingerprint density at radius 1 is 1.12 bits per heavy atom. The van der Waals surface area contributed by atoms with E-state index in [2.05, 4.69) is 17.2 Å². The summed E-state index contributed by atoms with van der Waals surface area (Å²) >= 11 is 0. The van der Waals surface area contributed by atoms with Crippen molar-refractivity contribution >= 4 is 11.6 Å². The van der Waals surface area contributed by atoms with Crippen LogP contribution in [0.5, 0.6) is 5.75 Å². The van der Waals surface area contributed by atoms with E-state index >= 15 is 0 Å². The summed E-state index contributed by atoms with van der Waals surface area (Å²) in [4.78, 5) is 13.9. The van der Waals surface area contributed by atoms with E-state index in [0.717, 1.165) is 5.69 Å². The van der Waals surface area contributed by atoms with Gasteiger partial charge in [-0.15, -0.1) is 0 Å². The van der Waals surface area contributed by atoms with Gasteiger partial charge in [0, 0.05) is 25.3 Å². The van der Waals surface area contributed by atoms with Gasteiger partial charge in [0.1, 0.15) is 6.61 Å². The number of rotatable bonds is 5. The molecule has 1 N–H and O–H groups in total. The van der Waals surface area contributed by atoms with Crippen molar-refractivity contribution in [3.8, 4) is 17.6 Å². The predicted octanol–water partition coefficient (Wildman–Crippen LogP) is 2.70. The normalized spacial score (nSPS) is 9.62. The summed E-state index contributed by atoms with van der Waals surface area (Å²) in [5.41, 5.74) is 1.60. The van der Waals surface area contributed by atoms with Crippen LogP contribution in [0.25, 0.3) is 0 Å². The smallest absolute Gasteiger partial charge is 0.252 e. The highest BCUT2D eigenvalue weighted by Crippen LogP contribution is 2.14. The molecule has 0 fully saturated rings. The molecule has 124 valence electrons. The number of carbonyl (C=O) groups is 1. The van der Waals surface area contributed by atoms with Crippen LogP contribution in [0.15, 0.2) is 48.5 Å². The number of nitrogens with one attached hydrogen (secondary N) is 1. The van der Waals surface area contributed by atoms with Crippen molar-refractivity contribution in [2.24, 2.45) is 0 Å². The Hall–Kier alpha value is -3.00. The highest BCUT2D eigenvalue weighted by Gasteiger charge is 2.04. The standard InChI is InChI=1S/C19H19FN2O2/c1-22(2)16-11-9-15(10-12-16)19(23)21-13-5-6-14-24-18-8-4-3-7-17(18)20/h3-4,7-12H,13-14H2,1-2H3,(H,21,23). The number of nitrogens with zero attached hydrogens (tertiary/aromatic N) is 1. The molecule has 0 aromatic heterocycles. The molecular formula is C19H19FN2O2. The third-order valence-corrected chi connectivity index (χ3v) is 3.24. The molecule has 1 amide bonds. The first-order valence-electron chi connectivity index (χ1n) is 7.46. The van der Waals surface area contributed by atoms with Crippen molar-refractivity contribution in [2.45, 2.75) is 0 Å². The predicted molar refractivity (Wildman–Crippen MR) is 92.8 cm³/mol. The lowest BCUT2D eigenvalue weighted by Crippen LogP contribution is -2.23. The zero-order chi connectivity index (χ0) is 17.4. The van der Waals surface area contributed by atoms with Gasteiger partial charge in [0.25, 0.3) is 5.91 Å². The lowest BCUT2D eigenvalue weighted by molar-refractivity contribution is 0.0958. The second-order valence-corrected chi connectivity index (χ2v) is 5.20. The maximum atomic E-state index is 13.3. The molecule has 0 saturated heterocycles. The summed E-state index contributed by atoms with van der Waals surface area (Å²) in [5.74, 6) is 5.05. The minimum Gasteiger partial charge on any atom is -0.478 e. The fourth-order valence-electron chi connectivity index (χ4n) is 1.93. The maximum Gasteiger partial charge on any atom is 0.252 e. The second-order valence-electron chi connectivity index (χ2n) is 5.20. The summed E-state index contributed by atoms with van der Waals surface area (Å²) in [6.45, 7) is 0.267. The minimum atomic E-state index is -0.422. The fourth-order valence-corrected chi connectivity index (χ4v) is 1.93. The van der Waals surface area contributed by atoms with E-state index in [-0.39, 0.29) is 24.8 Å². The second kappa shape index (κ2) is 8.59. The zero-order valence-electron chi connectivity index (χ0n) is 13.7. The first-order chi connectivity index (χ1) is 11.6. The van der Waals surface area contributed by atoms with Crippen molar-refractivity contribution in [3.63, 3.8) is 0 Å².